The molecular weight excluding hydrogens is 360 g/mol. The van der Waals surface area contributed by atoms with E-state index in [1.165, 1.54) is 10.8 Å². The van der Waals surface area contributed by atoms with Crippen LogP contribution in [-0.4, -0.2) is 40.9 Å². The first-order valence-electron chi connectivity index (χ1n) is 9.72. The van der Waals surface area contributed by atoms with Crippen molar-refractivity contribution < 1.29 is 0 Å². The highest BCUT2D eigenvalue weighted by Gasteiger charge is 2.18. The van der Waals surface area contributed by atoms with Crippen LogP contribution in [0.15, 0.2) is 66.7 Å². The van der Waals surface area contributed by atoms with Gasteiger partial charge in [0.1, 0.15) is 31.4 Å². The van der Waals surface area contributed by atoms with Crippen molar-refractivity contribution in [3.8, 4) is 5.69 Å². The van der Waals surface area contributed by atoms with Crippen molar-refractivity contribution in [3.05, 3.63) is 66.7 Å². The van der Waals surface area contributed by atoms with Crippen LogP contribution in [0, 0.1) is 0 Å². The quantitative estimate of drug-likeness (QED) is 0.424. The Kier molecular flexibility index (Phi) is 3.59. The van der Waals surface area contributed by atoms with Crippen molar-refractivity contribution in [2.75, 3.05) is 0 Å². The van der Waals surface area contributed by atoms with Gasteiger partial charge in [0.25, 0.3) is 0 Å². The second-order valence-corrected chi connectivity index (χ2v) is 7.63. The summed E-state index contributed by atoms with van der Waals surface area (Å²) in [5, 5.41) is 4.18. The molecule has 0 fully saturated rings. The fourth-order valence-corrected chi connectivity index (χ4v) is 4.57. The number of nitrogens with one attached hydrogen (secondary N) is 1. The summed E-state index contributed by atoms with van der Waals surface area (Å²) in [5.74, 6) is 0. The average molecular weight is 372 g/mol. The van der Waals surface area contributed by atoms with Gasteiger partial charge in [0, 0.05) is 38.4 Å². The molecular formula is C24H12B4N2. The zero-order valence-electron chi connectivity index (χ0n) is 16.1. The second kappa shape index (κ2) is 6.12. The van der Waals surface area contributed by atoms with E-state index >= 15 is 0 Å². The lowest BCUT2D eigenvalue weighted by Gasteiger charge is -2.16. The fraction of sp³-hybridized carbons (Fsp3) is 0. The van der Waals surface area contributed by atoms with E-state index in [1.807, 2.05) is 30.3 Å². The van der Waals surface area contributed by atoms with Crippen molar-refractivity contribution in [1.29, 1.82) is 0 Å². The van der Waals surface area contributed by atoms with Gasteiger partial charge < -0.3 is 9.55 Å². The van der Waals surface area contributed by atoms with Gasteiger partial charge in [-0.05, 0) is 29.7 Å². The number of para-hydroxylation sites is 2. The molecule has 2 aromatic heterocycles. The van der Waals surface area contributed by atoms with Gasteiger partial charge in [0.05, 0.1) is 5.52 Å². The van der Waals surface area contributed by atoms with E-state index in [9.17, 15) is 0 Å². The highest BCUT2D eigenvalue weighted by Crippen LogP contribution is 2.32. The molecule has 0 amide bonds. The maximum absolute atomic E-state index is 6.47. The van der Waals surface area contributed by atoms with Crippen molar-refractivity contribution in [1.82, 2.24) is 9.55 Å². The molecule has 0 atom stereocenters. The Bertz CT molecular complexity index is 1640. The number of hydrogen-bond acceptors (Lipinski definition) is 0. The van der Waals surface area contributed by atoms with Gasteiger partial charge in [0.2, 0.25) is 0 Å². The van der Waals surface area contributed by atoms with Gasteiger partial charge >= 0.3 is 0 Å². The highest BCUT2D eigenvalue weighted by molar-refractivity contribution is 6.67. The molecule has 6 rings (SSSR count). The average Bonchev–Trinajstić information content (AvgIpc) is 3.31. The molecule has 1 N–H and O–H groups in total. The van der Waals surface area contributed by atoms with Gasteiger partial charge in [-0.3, -0.25) is 0 Å². The monoisotopic (exact) mass is 372 g/mol. The van der Waals surface area contributed by atoms with Crippen LogP contribution in [0.1, 0.15) is 0 Å². The highest BCUT2D eigenvalue weighted by atomic mass is 15.0. The van der Waals surface area contributed by atoms with Crippen molar-refractivity contribution in [2.24, 2.45) is 0 Å². The minimum atomic E-state index is 0.316. The zero-order chi connectivity index (χ0) is 20.6. The van der Waals surface area contributed by atoms with Gasteiger partial charge in [-0.15, -0.1) is 10.9 Å². The minimum absolute atomic E-state index is 0.316. The zero-order valence-corrected chi connectivity index (χ0v) is 16.1. The van der Waals surface area contributed by atoms with Crippen LogP contribution in [0.25, 0.3) is 49.3 Å². The largest absolute Gasteiger partial charge is 0.354 e. The minimum Gasteiger partial charge on any atom is -0.354 e. The molecule has 0 saturated carbocycles. The van der Waals surface area contributed by atoms with Crippen LogP contribution in [-0.2, 0) is 0 Å². The van der Waals surface area contributed by atoms with E-state index in [-0.39, 0.29) is 0 Å². The van der Waals surface area contributed by atoms with Gasteiger partial charge in [-0.2, -0.15) is 0 Å². The molecule has 30 heavy (non-hydrogen) atoms. The predicted octanol–water partition coefficient (Wildman–Crippen LogP) is 1.59. The molecule has 6 aromatic rings. The third-order valence-electron chi connectivity index (χ3n) is 6.02. The Morgan fingerprint density at radius 3 is 2.10 bits per heavy atom. The van der Waals surface area contributed by atoms with Gasteiger partial charge in [0.15, 0.2) is 0 Å². The normalized spacial score (nSPS) is 11.9. The van der Waals surface area contributed by atoms with E-state index in [1.54, 1.807) is 0 Å². The summed E-state index contributed by atoms with van der Waals surface area (Å²) in [6, 6.07) is 22.7. The Balaban J connectivity index is 1.78. The predicted molar refractivity (Wildman–Crippen MR) is 132 cm³/mol. The van der Waals surface area contributed by atoms with Crippen molar-refractivity contribution in [2.45, 2.75) is 0 Å². The lowest BCUT2D eigenvalue weighted by Crippen LogP contribution is -2.48. The summed E-state index contributed by atoms with van der Waals surface area (Å²) in [4.78, 5) is 3.51. The first kappa shape index (κ1) is 17.6. The number of H-pyrrole nitrogens is 1. The summed E-state index contributed by atoms with van der Waals surface area (Å²) in [7, 11) is 25.3. The summed E-state index contributed by atoms with van der Waals surface area (Å²) in [6.07, 6.45) is 0. The molecule has 4 aromatic carbocycles. The molecule has 2 heterocycles. The number of fused-ring (bicyclic) bond motifs is 6. The molecule has 0 aliphatic rings. The van der Waals surface area contributed by atoms with Gasteiger partial charge in [-0.25, -0.2) is 0 Å². The summed E-state index contributed by atoms with van der Waals surface area (Å²) >= 11 is 0. The van der Waals surface area contributed by atoms with Crippen LogP contribution in [0.2, 0.25) is 0 Å². The maximum atomic E-state index is 6.47. The lowest BCUT2D eigenvalue weighted by molar-refractivity contribution is 1.19. The molecule has 0 aliphatic heterocycles. The number of rotatable bonds is 1. The third kappa shape index (κ3) is 2.19. The van der Waals surface area contributed by atoms with Crippen molar-refractivity contribution >= 4 is 96.8 Å². The standard InChI is InChI=1S/C24H12B4N2/c25-20-19-15-6-2-4-8-18(15)30(24(19)23(28)22(27)21(20)26)12-9-10-14-13-5-1-3-7-16(13)29-17(14)11-12/h1-11,29H. The Labute approximate surface area is 178 Å². The number of aromatic amines is 1. The number of hydrogen-bond donors (Lipinski definition) is 1. The number of benzene rings is 4. The summed E-state index contributed by atoms with van der Waals surface area (Å²) < 4.78 is 2.11. The molecule has 8 radical (unpaired) electrons. The van der Waals surface area contributed by atoms with E-state index in [4.69, 9.17) is 31.4 Å². The molecule has 0 aliphatic carbocycles. The third-order valence-corrected chi connectivity index (χ3v) is 6.02. The molecule has 6 heteroatoms. The molecule has 0 saturated heterocycles. The van der Waals surface area contributed by atoms with E-state index in [2.05, 4.69) is 45.9 Å². The summed E-state index contributed by atoms with van der Waals surface area (Å²) in [5.41, 5.74) is 6.42. The topological polar surface area (TPSA) is 20.7 Å². The SMILES string of the molecule is [B]c1c([B])c([B])c2c(c1[B])c1ccccc1n2-c1ccc2c(c1)[nH]c1ccccc12. The first-order chi connectivity index (χ1) is 14.6. The lowest BCUT2D eigenvalue weighted by atomic mass is 9.65. The smallest absolute Gasteiger partial charge is 0.115 e. The van der Waals surface area contributed by atoms with Crippen molar-refractivity contribution in [3.63, 3.8) is 0 Å². The Hall–Kier alpha value is -3.26. The summed E-state index contributed by atoms with van der Waals surface area (Å²) in [6.45, 7) is 0. The number of nitrogens with zero attached hydrogens (tertiary/aromatic N) is 1. The Morgan fingerprint density at radius 1 is 0.600 bits per heavy atom. The van der Waals surface area contributed by atoms with Crippen LogP contribution < -0.4 is 21.9 Å². The molecule has 0 bridgehead atoms. The van der Waals surface area contributed by atoms with Gasteiger partial charge in [-0.1, -0.05) is 53.4 Å². The van der Waals surface area contributed by atoms with E-state index < -0.39 is 0 Å². The molecule has 2 nitrogen and oxygen atoms in total. The van der Waals surface area contributed by atoms with Crippen LogP contribution in [0.5, 0.6) is 0 Å². The van der Waals surface area contributed by atoms with Crippen LogP contribution in [0.4, 0.5) is 0 Å². The second-order valence-electron chi connectivity index (χ2n) is 7.63. The van der Waals surface area contributed by atoms with E-state index in [0.717, 1.165) is 38.5 Å². The molecule has 130 valence electrons. The van der Waals surface area contributed by atoms with Crippen LogP contribution in [0.3, 0.4) is 0 Å². The molecule has 0 spiro atoms. The fourth-order valence-electron chi connectivity index (χ4n) is 4.57. The molecule has 0 unspecified atom stereocenters. The van der Waals surface area contributed by atoms with E-state index in [0.29, 0.717) is 21.9 Å². The maximum Gasteiger partial charge on any atom is 0.115 e. The number of aromatic nitrogens is 2. The first-order valence-corrected chi connectivity index (χ1v) is 9.72. The van der Waals surface area contributed by atoms with Crippen LogP contribution >= 0.6 is 0 Å². The Morgan fingerprint density at radius 2 is 1.27 bits per heavy atom.